The van der Waals surface area contributed by atoms with Gasteiger partial charge < -0.3 is 9.84 Å². The van der Waals surface area contributed by atoms with Gasteiger partial charge in [-0.05, 0) is 51.5 Å². The number of carbonyl (C=O) groups is 1. The van der Waals surface area contributed by atoms with Crippen molar-refractivity contribution in [3.8, 4) is 0 Å². The maximum absolute atomic E-state index is 13.0. The van der Waals surface area contributed by atoms with Crippen molar-refractivity contribution in [2.75, 3.05) is 31.5 Å². The Balaban J connectivity index is 1.66. The second-order valence-corrected chi connectivity index (χ2v) is 8.99. The molecule has 0 spiro atoms. The number of anilines is 1. The molecule has 1 aromatic carbocycles. The highest BCUT2D eigenvalue weighted by Gasteiger charge is 2.33. The van der Waals surface area contributed by atoms with Crippen molar-refractivity contribution in [3.63, 3.8) is 0 Å². The highest BCUT2D eigenvalue weighted by molar-refractivity contribution is 7.89. The van der Waals surface area contributed by atoms with Crippen molar-refractivity contribution in [2.24, 2.45) is 0 Å². The number of rotatable bonds is 5. The van der Waals surface area contributed by atoms with E-state index in [2.05, 4.69) is 10.5 Å². The van der Waals surface area contributed by atoms with Crippen LogP contribution in [0.4, 0.5) is 10.1 Å². The Hall–Kier alpha value is -2.30. The fourth-order valence-electron chi connectivity index (χ4n) is 3.46. The van der Waals surface area contributed by atoms with Crippen LogP contribution in [-0.2, 0) is 14.8 Å². The number of nitrogens with zero attached hydrogens (tertiary/aromatic N) is 3. The van der Waals surface area contributed by atoms with Crippen molar-refractivity contribution in [2.45, 2.75) is 38.1 Å². The van der Waals surface area contributed by atoms with Gasteiger partial charge in [-0.3, -0.25) is 9.69 Å². The number of hydrogen-bond donors (Lipinski definition) is 1. The minimum atomic E-state index is -3.71. The van der Waals surface area contributed by atoms with Crippen molar-refractivity contribution < 1.29 is 22.1 Å². The first-order valence-electron chi connectivity index (χ1n) is 9.43. The van der Waals surface area contributed by atoms with Gasteiger partial charge in [-0.2, -0.15) is 4.31 Å². The van der Waals surface area contributed by atoms with E-state index in [0.29, 0.717) is 37.4 Å². The number of benzene rings is 1. The Morgan fingerprint density at radius 1 is 1.17 bits per heavy atom. The van der Waals surface area contributed by atoms with E-state index >= 15 is 0 Å². The van der Waals surface area contributed by atoms with Crippen LogP contribution in [0.3, 0.4) is 0 Å². The van der Waals surface area contributed by atoms with Gasteiger partial charge in [-0.15, -0.1) is 0 Å². The fourth-order valence-corrected chi connectivity index (χ4v) is 5.22. The van der Waals surface area contributed by atoms with Crippen molar-refractivity contribution >= 4 is 21.6 Å². The lowest BCUT2D eigenvalue weighted by Gasteiger charge is -2.26. The molecule has 1 fully saturated rings. The third-order valence-electron chi connectivity index (χ3n) is 5.09. The molecule has 0 unspecified atom stereocenters. The molecule has 1 aromatic heterocycles. The number of amides is 1. The molecule has 158 valence electrons. The molecule has 0 radical (unpaired) electrons. The van der Waals surface area contributed by atoms with Crippen molar-refractivity contribution in [3.05, 3.63) is 41.5 Å². The molecule has 10 heteroatoms. The van der Waals surface area contributed by atoms with E-state index in [1.165, 1.54) is 28.6 Å². The number of aryl methyl sites for hydroxylation is 2. The molecule has 1 atom stereocenters. The molecule has 2 heterocycles. The summed E-state index contributed by atoms with van der Waals surface area (Å²) >= 11 is 0. The zero-order valence-corrected chi connectivity index (χ0v) is 17.5. The minimum Gasteiger partial charge on any atom is -0.360 e. The summed E-state index contributed by atoms with van der Waals surface area (Å²) in [5, 5.41) is 6.51. The normalized spacial score (nSPS) is 17.7. The van der Waals surface area contributed by atoms with Gasteiger partial charge in [0, 0.05) is 31.9 Å². The van der Waals surface area contributed by atoms with Crippen LogP contribution in [0.25, 0.3) is 0 Å². The molecule has 1 N–H and O–H groups in total. The SMILES string of the molecule is Cc1noc(C)c1S(=O)(=O)N1CCCN([C@@H](C)C(=O)Nc2ccc(F)cc2)CC1. The second-order valence-electron chi connectivity index (χ2n) is 7.12. The number of sulfonamides is 1. The molecule has 8 nitrogen and oxygen atoms in total. The van der Waals surface area contributed by atoms with Gasteiger partial charge in [-0.1, -0.05) is 5.16 Å². The van der Waals surface area contributed by atoms with Crippen LogP contribution in [0.5, 0.6) is 0 Å². The molecule has 1 amide bonds. The van der Waals surface area contributed by atoms with Crippen LogP contribution in [0.2, 0.25) is 0 Å². The van der Waals surface area contributed by atoms with E-state index in [1.807, 2.05) is 4.90 Å². The Bertz CT molecular complexity index is 955. The fraction of sp³-hybridized carbons (Fsp3) is 0.474. The van der Waals surface area contributed by atoms with Gasteiger partial charge in [-0.25, -0.2) is 12.8 Å². The molecule has 3 rings (SSSR count). The van der Waals surface area contributed by atoms with E-state index in [1.54, 1.807) is 20.8 Å². The number of hydrogen-bond acceptors (Lipinski definition) is 6. The van der Waals surface area contributed by atoms with Crippen LogP contribution in [-0.4, -0.2) is 60.9 Å². The molecule has 1 aliphatic heterocycles. The molecule has 1 aliphatic rings. The lowest BCUT2D eigenvalue weighted by atomic mass is 10.2. The number of aromatic nitrogens is 1. The van der Waals surface area contributed by atoms with Gasteiger partial charge in [0.05, 0.1) is 6.04 Å². The molecule has 0 aliphatic carbocycles. The van der Waals surface area contributed by atoms with E-state index < -0.39 is 16.1 Å². The standard InChI is InChI=1S/C19H25FN4O4S/c1-13-18(15(3)28-22-13)29(26,27)24-10-4-9-23(11-12-24)14(2)19(25)21-17-7-5-16(20)6-8-17/h5-8,14H,4,9-12H2,1-3H3,(H,21,25)/t14-/m0/s1. The molecular weight excluding hydrogens is 399 g/mol. The highest BCUT2D eigenvalue weighted by Crippen LogP contribution is 2.24. The maximum Gasteiger partial charge on any atom is 0.248 e. The minimum absolute atomic E-state index is 0.119. The van der Waals surface area contributed by atoms with Crippen molar-refractivity contribution in [1.82, 2.24) is 14.4 Å². The summed E-state index contributed by atoms with van der Waals surface area (Å²) in [5.41, 5.74) is 0.858. The predicted octanol–water partition coefficient (Wildman–Crippen LogP) is 2.15. The van der Waals surface area contributed by atoms with E-state index in [0.717, 1.165) is 0 Å². The van der Waals surface area contributed by atoms with Gasteiger partial charge in [0.2, 0.25) is 15.9 Å². The predicted molar refractivity (Wildman–Crippen MR) is 105 cm³/mol. The Morgan fingerprint density at radius 3 is 2.48 bits per heavy atom. The number of halogens is 1. The summed E-state index contributed by atoms with van der Waals surface area (Å²) in [4.78, 5) is 14.6. The first-order chi connectivity index (χ1) is 13.7. The summed E-state index contributed by atoms with van der Waals surface area (Å²) in [5.74, 6) is -0.322. The summed E-state index contributed by atoms with van der Waals surface area (Å²) < 4.78 is 45.5. The van der Waals surface area contributed by atoms with Gasteiger partial charge in [0.25, 0.3) is 0 Å². The zero-order valence-electron chi connectivity index (χ0n) is 16.7. The molecule has 0 bridgehead atoms. The molecule has 29 heavy (non-hydrogen) atoms. The lowest BCUT2D eigenvalue weighted by Crippen LogP contribution is -2.44. The first-order valence-corrected chi connectivity index (χ1v) is 10.9. The second kappa shape index (κ2) is 8.60. The van der Waals surface area contributed by atoms with Gasteiger partial charge in [0.15, 0.2) is 5.76 Å². The van der Waals surface area contributed by atoms with Crippen LogP contribution in [0.15, 0.2) is 33.7 Å². The average molecular weight is 424 g/mol. The van der Waals surface area contributed by atoms with Gasteiger partial charge in [0.1, 0.15) is 16.4 Å². The van der Waals surface area contributed by atoms with Crippen LogP contribution in [0.1, 0.15) is 24.8 Å². The smallest absolute Gasteiger partial charge is 0.248 e. The molecular formula is C19H25FN4O4S. The maximum atomic E-state index is 13.0. The topological polar surface area (TPSA) is 95.8 Å². The molecule has 1 saturated heterocycles. The van der Waals surface area contributed by atoms with Crippen LogP contribution < -0.4 is 5.32 Å². The van der Waals surface area contributed by atoms with E-state index in [4.69, 9.17) is 4.52 Å². The van der Waals surface area contributed by atoms with E-state index in [-0.39, 0.29) is 28.9 Å². The monoisotopic (exact) mass is 424 g/mol. The number of nitrogens with one attached hydrogen (secondary N) is 1. The quantitative estimate of drug-likeness (QED) is 0.790. The summed E-state index contributed by atoms with van der Waals surface area (Å²) in [7, 11) is -3.71. The lowest BCUT2D eigenvalue weighted by molar-refractivity contribution is -0.120. The van der Waals surface area contributed by atoms with Crippen LogP contribution >= 0.6 is 0 Å². The third-order valence-corrected chi connectivity index (χ3v) is 7.24. The summed E-state index contributed by atoms with van der Waals surface area (Å²) in [6.07, 6.45) is 0.594. The zero-order chi connectivity index (χ0) is 21.2. The van der Waals surface area contributed by atoms with Crippen molar-refractivity contribution in [1.29, 1.82) is 0 Å². The third kappa shape index (κ3) is 4.65. The van der Waals surface area contributed by atoms with E-state index in [9.17, 15) is 17.6 Å². The Kier molecular flexibility index (Phi) is 6.35. The highest BCUT2D eigenvalue weighted by atomic mass is 32.2. The molecule has 2 aromatic rings. The largest absolute Gasteiger partial charge is 0.360 e. The Labute approximate surface area is 169 Å². The molecule has 0 saturated carbocycles. The summed E-state index contributed by atoms with van der Waals surface area (Å²) in [6.45, 7) is 6.59. The van der Waals surface area contributed by atoms with Gasteiger partial charge >= 0.3 is 0 Å². The first kappa shape index (κ1) is 21.4. The number of carbonyl (C=O) groups excluding carboxylic acids is 1. The van der Waals surface area contributed by atoms with Crippen LogP contribution in [0, 0.1) is 19.7 Å². The Morgan fingerprint density at radius 2 is 1.86 bits per heavy atom. The summed E-state index contributed by atoms with van der Waals surface area (Å²) in [6, 6.07) is 5.11. The average Bonchev–Trinajstić information content (AvgIpc) is 2.88.